The summed E-state index contributed by atoms with van der Waals surface area (Å²) >= 11 is 0. The molecule has 1 aromatic heterocycles. The number of nitrogens with two attached hydrogens (primary N) is 1. The van der Waals surface area contributed by atoms with Gasteiger partial charge >= 0.3 is 0 Å². The van der Waals surface area contributed by atoms with E-state index in [1.54, 1.807) is 0 Å². The molecule has 0 fully saturated rings. The highest BCUT2D eigenvalue weighted by Gasteiger charge is 2.07. The third-order valence-corrected chi connectivity index (χ3v) is 1.42. The van der Waals surface area contributed by atoms with Crippen LogP contribution in [-0.4, -0.2) is 12.1 Å². The van der Waals surface area contributed by atoms with Crippen molar-refractivity contribution >= 4 is 0 Å². The van der Waals surface area contributed by atoms with Crippen molar-refractivity contribution in [1.29, 1.82) is 0 Å². The van der Waals surface area contributed by atoms with Crippen LogP contribution in [0.2, 0.25) is 0 Å². The number of halogens is 1. The van der Waals surface area contributed by atoms with E-state index in [0.717, 1.165) is 0 Å². The van der Waals surface area contributed by atoms with Crippen LogP contribution < -0.4 is 16.0 Å². The predicted octanol–water partition coefficient (Wildman–Crippen LogP) is 0.193. The Bertz CT molecular complexity index is 267. The maximum Gasteiger partial charge on any atom is 0.250 e. The van der Waals surface area contributed by atoms with Gasteiger partial charge in [0, 0.05) is 18.3 Å². The molecule has 12 heavy (non-hydrogen) atoms. The standard InChI is InChI=1S/C7H10FN3O/c1-12-7-6(8)5(4-11-9)2-3-10-7/h2-3,11H,4,9H2,1H3. The largest absolute Gasteiger partial charge is 0.479 e. The number of hydrogen-bond donors (Lipinski definition) is 2. The fraction of sp³-hybridized carbons (Fsp3) is 0.286. The van der Waals surface area contributed by atoms with Crippen LogP contribution in [0.25, 0.3) is 0 Å². The van der Waals surface area contributed by atoms with E-state index >= 15 is 0 Å². The zero-order valence-corrected chi connectivity index (χ0v) is 6.67. The quantitative estimate of drug-likeness (QED) is 0.503. The van der Waals surface area contributed by atoms with Crippen LogP contribution in [0.5, 0.6) is 5.88 Å². The molecule has 1 aromatic rings. The van der Waals surface area contributed by atoms with Gasteiger partial charge in [-0.25, -0.2) is 9.37 Å². The number of aromatic nitrogens is 1. The van der Waals surface area contributed by atoms with Crippen LogP contribution in [0, 0.1) is 5.82 Å². The lowest BCUT2D eigenvalue weighted by Crippen LogP contribution is -2.21. The summed E-state index contributed by atoms with van der Waals surface area (Å²) in [5.74, 6) is 4.56. The molecule has 66 valence electrons. The van der Waals surface area contributed by atoms with Crippen LogP contribution in [0.1, 0.15) is 5.56 Å². The van der Waals surface area contributed by atoms with Gasteiger partial charge in [-0.3, -0.25) is 11.3 Å². The summed E-state index contributed by atoms with van der Waals surface area (Å²) in [5, 5.41) is 0. The molecule has 0 atom stereocenters. The fourth-order valence-electron chi connectivity index (χ4n) is 0.851. The summed E-state index contributed by atoms with van der Waals surface area (Å²) in [4.78, 5) is 3.67. The Morgan fingerprint density at radius 2 is 2.50 bits per heavy atom. The molecule has 5 heteroatoms. The van der Waals surface area contributed by atoms with Gasteiger partial charge in [0.2, 0.25) is 5.88 Å². The highest BCUT2D eigenvalue weighted by molar-refractivity contribution is 5.23. The van der Waals surface area contributed by atoms with Crippen LogP contribution in [0.4, 0.5) is 4.39 Å². The molecule has 3 N–H and O–H groups in total. The Labute approximate surface area is 69.5 Å². The van der Waals surface area contributed by atoms with Crippen LogP contribution in [-0.2, 0) is 6.54 Å². The molecular weight excluding hydrogens is 161 g/mol. The molecule has 0 aliphatic rings. The Balaban J connectivity index is 2.97. The first-order chi connectivity index (χ1) is 5.79. The second-order valence-electron chi connectivity index (χ2n) is 2.17. The Hall–Kier alpha value is -1.20. The molecule has 0 unspecified atom stereocenters. The van der Waals surface area contributed by atoms with Crippen LogP contribution >= 0.6 is 0 Å². The number of pyridine rings is 1. The predicted molar refractivity (Wildman–Crippen MR) is 41.8 cm³/mol. The monoisotopic (exact) mass is 171 g/mol. The first-order valence-electron chi connectivity index (χ1n) is 3.40. The van der Waals surface area contributed by atoms with Crippen molar-refractivity contribution in [2.45, 2.75) is 6.54 Å². The molecule has 1 rings (SSSR count). The summed E-state index contributed by atoms with van der Waals surface area (Å²) in [6, 6.07) is 1.54. The van der Waals surface area contributed by atoms with Crippen molar-refractivity contribution in [3.8, 4) is 5.88 Å². The minimum atomic E-state index is -0.474. The maximum absolute atomic E-state index is 13.2. The normalized spacial score (nSPS) is 9.92. The van der Waals surface area contributed by atoms with Crippen molar-refractivity contribution in [3.05, 3.63) is 23.6 Å². The summed E-state index contributed by atoms with van der Waals surface area (Å²) in [6.07, 6.45) is 1.47. The van der Waals surface area contributed by atoms with E-state index in [-0.39, 0.29) is 12.4 Å². The Morgan fingerprint density at radius 1 is 1.75 bits per heavy atom. The fourth-order valence-corrected chi connectivity index (χ4v) is 0.851. The van der Waals surface area contributed by atoms with E-state index in [1.807, 2.05) is 0 Å². The number of nitrogens with zero attached hydrogens (tertiary/aromatic N) is 1. The smallest absolute Gasteiger partial charge is 0.250 e. The minimum absolute atomic E-state index is 0.0113. The molecule has 0 aromatic carbocycles. The zero-order chi connectivity index (χ0) is 8.97. The third-order valence-electron chi connectivity index (χ3n) is 1.42. The maximum atomic E-state index is 13.2. The van der Waals surface area contributed by atoms with E-state index in [4.69, 9.17) is 5.84 Å². The molecule has 0 amide bonds. The van der Waals surface area contributed by atoms with Gasteiger partial charge in [-0.2, -0.15) is 0 Å². The molecule has 0 aliphatic carbocycles. The topological polar surface area (TPSA) is 60.2 Å². The van der Waals surface area contributed by atoms with Gasteiger partial charge in [-0.1, -0.05) is 0 Å². The van der Waals surface area contributed by atoms with Crippen molar-refractivity contribution in [2.24, 2.45) is 5.84 Å². The van der Waals surface area contributed by atoms with Gasteiger partial charge in [0.1, 0.15) is 0 Å². The van der Waals surface area contributed by atoms with Gasteiger partial charge in [-0.05, 0) is 6.07 Å². The first kappa shape index (κ1) is 8.89. The third kappa shape index (κ3) is 1.69. The molecule has 0 saturated carbocycles. The van der Waals surface area contributed by atoms with Crippen LogP contribution in [0.3, 0.4) is 0 Å². The van der Waals surface area contributed by atoms with Gasteiger partial charge in [0.25, 0.3) is 0 Å². The molecule has 0 aliphatic heterocycles. The lowest BCUT2D eigenvalue weighted by molar-refractivity contribution is 0.366. The molecule has 0 saturated heterocycles. The van der Waals surface area contributed by atoms with Crippen molar-refractivity contribution < 1.29 is 9.13 Å². The lowest BCUT2D eigenvalue weighted by Gasteiger charge is -2.04. The molecule has 0 spiro atoms. The average Bonchev–Trinajstić information content (AvgIpc) is 2.09. The number of methoxy groups -OCH3 is 1. The van der Waals surface area contributed by atoms with E-state index in [1.165, 1.54) is 19.4 Å². The second-order valence-corrected chi connectivity index (χ2v) is 2.17. The van der Waals surface area contributed by atoms with E-state index in [9.17, 15) is 4.39 Å². The first-order valence-corrected chi connectivity index (χ1v) is 3.40. The molecule has 0 radical (unpaired) electrons. The van der Waals surface area contributed by atoms with Gasteiger partial charge < -0.3 is 4.74 Å². The number of rotatable bonds is 3. The number of ether oxygens (including phenoxy) is 1. The number of hydrazine groups is 1. The lowest BCUT2D eigenvalue weighted by atomic mass is 10.2. The SMILES string of the molecule is COc1nccc(CNN)c1F. The number of nitrogens with one attached hydrogen (secondary N) is 1. The molecule has 4 nitrogen and oxygen atoms in total. The highest BCUT2D eigenvalue weighted by atomic mass is 19.1. The van der Waals surface area contributed by atoms with Gasteiger partial charge in [0.05, 0.1) is 7.11 Å². The minimum Gasteiger partial charge on any atom is -0.479 e. The molecule has 1 heterocycles. The van der Waals surface area contributed by atoms with Crippen molar-refractivity contribution in [3.63, 3.8) is 0 Å². The number of hydrogen-bond acceptors (Lipinski definition) is 4. The summed E-state index contributed by atoms with van der Waals surface area (Å²) in [6.45, 7) is 0.255. The highest BCUT2D eigenvalue weighted by Crippen LogP contribution is 2.15. The zero-order valence-electron chi connectivity index (χ0n) is 6.67. The van der Waals surface area contributed by atoms with Crippen molar-refractivity contribution in [2.75, 3.05) is 7.11 Å². The Morgan fingerprint density at radius 3 is 3.08 bits per heavy atom. The van der Waals surface area contributed by atoms with E-state index < -0.39 is 5.82 Å². The van der Waals surface area contributed by atoms with Crippen LogP contribution in [0.15, 0.2) is 12.3 Å². The molecular formula is C7H10FN3O. The van der Waals surface area contributed by atoms with Gasteiger partial charge in [-0.15, -0.1) is 0 Å². The van der Waals surface area contributed by atoms with Gasteiger partial charge in [0.15, 0.2) is 5.82 Å². The Kier molecular flexibility index (Phi) is 2.95. The van der Waals surface area contributed by atoms with Crippen molar-refractivity contribution in [1.82, 2.24) is 10.4 Å². The van der Waals surface area contributed by atoms with E-state index in [0.29, 0.717) is 5.56 Å². The summed E-state index contributed by atoms with van der Waals surface area (Å²) in [5.41, 5.74) is 2.79. The average molecular weight is 171 g/mol. The molecule has 0 bridgehead atoms. The summed E-state index contributed by atoms with van der Waals surface area (Å²) < 4.78 is 17.9. The second kappa shape index (κ2) is 3.99. The van der Waals surface area contributed by atoms with E-state index in [2.05, 4.69) is 15.1 Å². The summed E-state index contributed by atoms with van der Waals surface area (Å²) in [7, 11) is 1.37.